The average molecular weight is 479 g/mol. The zero-order chi connectivity index (χ0) is 25.0. The van der Waals surface area contributed by atoms with E-state index in [2.05, 4.69) is 0 Å². The third kappa shape index (κ3) is 3.89. The summed E-state index contributed by atoms with van der Waals surface area (Å²) >= 11 is 0. The molecule has 0 aliphatic heterocycles. The molecule has 3 aromatic rings. The van der Waals surface area contributed by atoms with Crippen molar-refractivity contribution in [1.82, 2.24) is 0 Å². The van der Waals surface area contributed by atoms with Crippen LogP contribution in [0.15, 0.2) is 54.2 Å². The quantitative estimate of drug-likeness (QED) is 0.430. The second kappa shape index (κ2) is 8.07. The van der Waals surface area contributed by atoms with Crippen LogP contribution in [-0.4, -0.2) is 12.9 Å². The van der Waals surface area contributed by atoms with Crippen LogP contribution in [0.5, 0.6) is 5.75 Å². The van der Waals surface area contributed by atoms with Crippen LogP contribution < -0.4 is 10.5 Å². The van der Waals surface area contributed by atoms with Gasteiger partial charge in [0, 0.05) is 23.1 Å². The Hall–Kier alpha value is -3.49. The fraction of sp³-hybridized carbons (Fsp3) is 0.240. The number of aryl methyl sites for hydroxylation is 1. The van der Waals surface area contributed by atoms with E-state index in [0.29, 0.717) is 5.39 Å². The molecule has 9 heteroatoms. The van der Waals surface area contributed by atoms with Crippen molar-refractivity contribution < 1.29 is 35.9 Å². The smallest absolute Gasteiger partial charge is 0.416 e. The van der Waals surface area contributed by atoms with Crippen molar-refractivity contribution in [3.8, 4) is 5.75 Å². The standard InChI is InChI=1S/C25H19F6NO2/c1-12-9-13-6-4-8-18(34-2)20(13)21(22(12)25(29,30)31)16-11-17(32)19(23(16)33)14-5-3-7-15(10-14)24(26,27)28/h3-10,16H,11,32H2,1-2H3. The maximum atomic E-state index is 14.2. The SMILES string of the molecule is COc1cccc2cc(C)c(C(F)(F)F)c(C3CC(N)=C(c4cccc(C(F)(F)F)c4)C3=O)c12. The highest BCUT2D eigenvalue weighted by Crippen LogP contribution is 2.49. The lowest BCUT2D eigenvalue weighted by molar-refractivity contribution is -0.139. The minimum atomic E-state index is -4.79. The van der Waals surface area contributed by atoms with Crippen molar-refractivity contribution in [2.45, 2.75) is 31.6 Å². The summed E-state index contributed by atoms with van der Waals surface area (Å²) in [5, 5.41) is 0.568. The summed E-state index contributed by atoms with van der Waals surface area (Å²) in [6, 6.07) is 10.1. The molecule has 0 radical (unpaired) electrons. The number of nitrogens with two attached hydrogens (primary N) is 1. The number of Topliss-reactive ketones (excluding diaryl/α,β-unsaturated/α-hetero) is 1. The first-order chi connectivity index (χ1) is 15.8. The number of rotatable bonds is 3. The van der Waals surface area contributed by atoms with Crippen molar-refractivity contribution in [3.05, 3.63) is 82.0 Å². The lowest BCUT2D eigenvalue weighted by atomic mass is 9.83. The van der Waals surface area contributed by atoms with Gasteiger partial charge in [-0.05, 0) is 47.2 Å². The van der Waals surface area contributed by atoms with Crippen LogP contribution in [0.1, 0.15) is 40.2 Å². The molecule has 1 unspecified atom stereocenters. The largest absolute Gasteiger partial charge is 0.496 e. The summed E-state index contributed by atoms with van der Waals surface area (Å²) in [6.07, 6.45) is -9.71. The molecule has 0 bridgehead atoms. The number of methoxy groups -OCH3 is 1. The van der Waals surface area contributed by atoms with E-state index in [0.717, 1.165) is 18.2 Å². The number of halogens is 6. The Morgan fingerprint density at radius 3 is 2.26 bits per heavy atom. The highest BCUT2D eigenvalue weighted by molar-refractivity contribution is 6.27. The lowest BCUT2D eigenvalue weighted by Crippen LogP contribution is -2.18. The number of hydrogen-bond donors (Lipinski definition) is 1. The minimum absolute atomic E-state index is 0.0630. The second-order valence-electron chi connectivity index (χ2n) is 8.14. The monoisotopic (exact) mass is 479 g/mol. The third-order valence-corrected chi connectivity index (χ3v) is 6.00. The number of hydrogen-bond acceptors (Lipinski definition) is 3. The molecule has 0 aromatic heterocycles. The number of carbonyl (C=O) groups is 1. The molecular weight excluding hydrogens is 460 g/mol. The topological polar surface area (TPSA) is 52.3 Å². The van der Waals surface area contributed by atoms with Gasteiger partial charge < -0.3 is 10.5 Å². The molecule has 0 saturated heterocycles. The molecule has 1 aliphatic carbocycles. The summed E-state index contributed by atoms with van der Waals surface area (Å²) in [6.45, 7) is 1.30. The number of carbonyl (C=O) groups excluding carboxylic acids is 1. The van der Waals surface area contributed by atoms with E-state index >= 15 is 0 Å². The number of ether oxygens (including phenoxy) is 1. The Kier molecular flexibility index (Phi) is 5.62. The van der Waals surface area contributed by atoms with Gasteiger partial charge in [0.05, 0.1) is 24.2 Å². The molecule has 4 rings (SSSR count). The van der Waals surface area contributed by atoms with Crippen LogP contribution in [0.3, 0.4) is 0 Å². The van der Waals surface area contributed by atoms with E-state index in [1.807, 2.05) is 0 Å². The van der Waals surface area contributed by atoms with Crippen LogP contribution in [0, 0.1) is 6.92 Å². The maximum absolute atomic E-state index is 14.2. The Morgan fingerprint density at radius 2 is 1.65 bits per heavy atom. The van der Waals surface area contributed by atoms with Gasteiger partial charge in [-0.1, -0.05) is 30.3 Å². The Labute approximate surface area is 190 Å². The molecule has 178 valence electrons. The predicted octanol–water partition coefficient (Wildman–Crippen LogP) is 6.62. The highest BCUT2D eigenvalue weighted by atomic mass is 19.4. The fourth-order valence-corrected chi connectivity index (χ4v) is 4.65. The van der Waals surface area contributed by atoms with Gasteiger partial charge in [-0.2, -0.15) is 26.3 Å². The molecule has 0 spiro atoms. The van der Waals surface area contributed by atoms with Crippen LogP contribution >= 0.6 is 0 Å². The summed E-state index contributed by atoms with van der Waals surface area (Å²) < 4.78 is 87.6. The molecule has 3 nitrogen and oxygen atoms in total. The molecule has 1 atom stereocenters. The first-order valence-corrected chi connectivity index (χ1v) is 10.2. The Balaban J connectivity index is 1.95. The molecule has 0 fully saturated rings. The molecule has 2 N–H and O–H groups in total. The number of allylic oxidation sites excluding steroid dienone is 2. The van der Waals surface area contributed by atoms with E-state index < -0.39 is 35.2 Å². The normalized spacial score (nSPS) is 17.1. The highest BCUT2D eigenvalue weighted by Gasteiger charge is 2.44. The molecular formula is C25H19F6NO2. The van der Waals surface area contributed by atoms with Crippen molar-refractivity contribution in [2.75, 3.05) is 7.11 Å². The second-order valence-corrected chi connectivity index (χ2v) is 8.14. The Bertz CT molecular complexity index is 1340. The van der Waals surface area contributed by atoms with Crippen LogP contribution in [0.2, 0.25) is 0 Å². The van der Waals surface area contributed by atoms with Crippen molar-refractivity contribution in [1.29, 1.82) is 0 Å². The van der Waals surface area contributed by atoms with E-state index in [4.69, 9.17) is 10.5 Å². The number of ketones is 1. The van der Waals surface area contributed by atoms with Gasteiger partial charge in [-0.25, -0.2) is 0 Å². The van der Waals surface area contributed by atoms with Gasteiger partial charge in [0.2, 0.25) is 0 Å². The van der Waals surface area contributed by atoms with Gasteiger partial charge >= 0.3 is 12.4 Å². The van der Waals surface area contributed by atoms with Gasteiger partial charge in [0.25, 0.3) is 0 Å². The first kappa shape index (κ1) is 23.7. The molecule has 0 saturated carbocycles. The summed E-state index contributed by atoms with van der Waals surface area (Å²) in [5.74, 6) is -1.95. The van der Waals surface area contributed by atoms with E-state index in [1.165, 1.54) is 32.2 Å². The maximum Gasteiger partial charge on any atom is 0.416 e. The lowest BCUT2D eigenvalue weighted by Gasteiger charge is -2.23. The van der Waals surface area contributed by atoms with Crippen LogP contribution in [-0.2, 0) is 17.1 Å². The average Bonchev–Trinajstić information content (AvgIpc) is 3.04. The van der Waals surface area contributed by atoms with Crippen molar-refractivity contribution >= 4 is 22.1 Å². The molecule has 3 aromatic carbocycles. The number of fused-ring (bicyclic) bond motifs is 1. The Morgan fingerprint density at radius 1 is 0.971 bits per heavy atom. The van der Waals surface area contributed by atoms with Crippen LogP contribution in [0.25, 0.3) is 16.3 Å². The van der Waals surface area contributed by atoms with E-state index in [-0.39, 0.29) is 45.5 Å². The zero-order valence-corrected chi connectivity index (χ0v) is 18.1. The van der Waals surface area contributed by atoms with Crippen LogP contribution in [0.4, 0.5) is 26.3 Å². The minimum Gasteiger partial charge on any atom is -0.496 e. The van der Waals surface area contributed by atoms with Gasteiger partial charge in [0.1, 0.15) is 5.75 Å². The summed E-state index contributed by atoms with van der Waals surface area (Å²) in [4.78, 5) is 13.5. The van der Waals surface area contributed by atoms with E-state index in [1.54, 1.807) is 12.1 Å². The van der Waals surface area contributed by atoms with Crippen molar-refractivity contribution in [2.24, 2.45) is 5.73 Å². The van der Waals surface area contributed by atoms with Gasteiger partial charge in [-0.3, -0.25) is 4.79 Å². The molecule has 34 heavy (non-hydrogen) atoms. The number of benzene rings is 3. The first-order valence-electron chi connectivity index (χ1n) is 10.2. The van der Waals surface area contributed by atoms with Gasteiger partial charge in [-0.15, -0.1) is 0 Å². The molecule has 0 amide bonds. The van der Waals surface area contributed by atoms with Crippen molar-refractivity contribution in [3.63, 3.8) is 0 Å². The van der Waals surface area contributed by atoms with E-state index in [9.17, 15) is 31.1 Å². The predicted molar refractivity (Wildman–Crippen MR) is 115 cm³/mol. The third-order valence-electron chi connectivity index (χ3n) is 6.00. The number of alkyl halides is 6. The molecule has 0 heterocycles. The zero-order valence-electron chi connectivity index (χ0n) is 18.1. The summed E-state index contributed by atoms with van der Waals surface area (Å²) in [5.41, 5.74) is 3.40. The fourth-order valence-electron chi connectivity index (χ4n) is 4.65. The summed E-state index contributed by atoms with van der Waals surface area (Å²) in [7, 11) is 1.31. The van der Waals surface area contributed by atoms with Gasteiger partial charge in [0.15, 0.2) is 5.78 Å². The molecule has 1 aliphatic rings.